The van der Waals surface area contributed by atoms with Crippen molar-refractivity contribution in [1.29, 1.82) is 10.5 Å². The zero-order valence-corrected chi connectivity index (χ0v) is 8.52. The minimum Gasteiger partial charge on any atom is -0.410 e. The topological polar surface area (TPSA) is 66.0 Å². The third-order valence-electron chi connectivity index (χ3n) is 1.91. The summed E-state index contributed by atoms with van der Waals surface area (Å²) in [5, 5.41) is 17.5. The van der Waals surface area contributed by atoms with Crippen molar-refractivity contribution in [3.05, 3.63) is 29.3 Å². The molecule has 1 aromatic rings. The zero-order valence-electron chi connectivity index (χ0n) is 8.52. The van der Waals surface area contributed by atoms with Crippen LogP contribution in [-0.2, 0) is 9.31 Å². The lowest BCUT2D eigenvalue weighted by atomic mass is 9.77. The normalized spacial score (nSPS) is 9.07. The van der Waals surface area contributed by atoms with Crippen LogP contribution < -0.4 is 5.46 Å². The molecule has 0 radical (unpaired) electrons. The van der Waals surface area contributed by atoms with Gasteiger partial charge in [0, 0.05) is 14.2 Å². The third-order valence-corrected chi connectivity index (χ3v) is 1.91. The fourth-order valence-corrected chi connectivity index (χ4v) is 1.29. The predicted octanol–water partition coefficient (Wildman–Crippen LogP) is 0.418. The largest absolute Gasteiger partial charge is 0.493 e. The van der Waals surface area contributed by atoms with E-state index in [0.717, 1.165) is 0 Å². The van der Waals surface area contributed by atoms with Gasteiger partial charge in [0.1, 0.15) is 0 Å². The monoisotopic (exact) mass is 200 g/mol. The van der Waals surface area contributed by atoms with Crippen LogP contribution in [0.2, 0.25) is 0 Å². The van der Waals surface area contributed by atoms with E-state index < -0.39 is 7.12 Å². The molecule has 0 heterocycles. The standard InChI is InChI=1S/C10H9BN2O2/c1-14-11(15-2)10-4-8(6-12)3-9(5-10)7-13/h3-5H,1-2H3. The molecule has 74 valence electrons. The maximum Gasteiger partial charge on any atom is 0.493 e. The van der Waals surface area contributed by atoms with Crippen LogP contribution in [0.4, 0.5) is 0 Å². The van der Waals surface area contributed by atoms with Gasteiger partial charge in [0.25, 0.3) is 0 Å². The van der Waals surface area contributed by atoms with Crippen molar-refractivity contribution in [2.75, 3.05) is 14.2 Å². The Morgan fingerprint density at radius 1 is 1.00 bits per heavy atom. The first-order valence-corrected chi connectivity index (χ1v) is 4.26. The first-order chi connectivity index (χ1) is 7.24. The van der Waals surface area contributed by atoms with E-state index in [1.807, 2.05) is 12.1 Å². The van der Waals surface area contributed by atoms with Gasteiger partial charge in [-0.15, -0.1) is 0 Å². The Kier molecular flexibility index (Phi) is 3.87. The summed E-state index contributed by atoms with van der Waals surface area (Å²) in [5.41, 5.74) is 1.50. The van der Waals surface area contributed by atoms with Crippen LogP contribution in [0.1, 0.15) is 11.1 Å². The third kappa shape index (κ3) is 2.57. The fraction of sp³-hybridized carbons (Fsp3) is 0.200. The van der Waals surface area contributed by atoms with Gasteiger partial charge in [0.2, 0.25) is 0 Å². The molecule has 0 aliphatic carbocycles. The van der Waals surface area contributed by atoms with Gasteiger partial charge in [-0.05, 0) is 23.7 Å². The predicted molar refractivity (Wildman–Crippen MR) is 55.3 cm³/mol. The highest BCUT2D eigenvalue weighted by molar-refractivity contribution is 6.61. The summed E-state index contributed by atoms with van der Waals surface area (Å²) in [6.07, 6.45) is 0. The van der Waals surface area contributed by atoms with Gasteiger partial charge in [-0.2, -0.15) is 10.5 Å². The van der Waals surface area contributed by atoms with E-state index in [9.17, 15) is 0 Å². The lowest BCUT2D eigenvalue weighted by Gasteiger charge is -2.08. The van der Waals surface area contributed by atoms with Crippen molar-refractivity contribution in [2.45, 2.75) is 0 Å². The molecule has 0 unspecified atom stereocenters. The SMILES string of the molecule is COB(OC)c1cc(C#N)cc(C#N)c1. The summed E-state index contributed by atoms with van der Waals surface area (Å²) >= 11 is 0. The quantitative estimate of drug-likeness (QED) is 0.663. The molecule has 5 heteroatoms. The summed E-state index contributed by atoms with van der Waals surface area (Å²) in [5.74, 6) is 0. The van der Waals surface area contributed by atoms with Crippen molar-refractivity contribution in [3.63, 3.8) is 0 Å². The molecule has 4 nitrogen and oxygen atoms in total. The van der Waals surface area contributed by atoms with E-state index in [1.54, 1.807) is 12.1 Å². The number of hydrogen-bond donors (Lipinski definition) is 0. The number of rotatable bonds is 3. The Balaban J connectivity index is 3.19. The molecule has 0 N–H and O–H groups in total. The molecular weight excluding hydrogens is 191 g/mol. The number of benzene rings is 1. The van der Waals surface area contributed by atoms with Crippen molar-refractivity contribution < 1.29 is 9.31 Å². The Morgan fingerprint density at radius 3 is 1.80 bits per heavy atom. The Hall–Kier alpha value is -1.82. The summed E-state index contributed by atoms with van der Waals surface area (Å²) < 4.78 is 10.1. The van der Waals surface area contributed by atoms with Crippen LogP contribution >= 0.6 is 0 Å². The summed E-state index contributed by atoms with van der Waals surface area (Å²) in [4.78, 5) is 0. The summed E-state index contributed by atoms with van der Waals surface area (Å²) in [7, 11) is 2.45. The molecule has 15 heavy (non-hydrogen) atoms. The van der Waals surface area contributed by atoms with Gasteiger partial charge in [0.15, 0.2) is 0 Å². The van der Waals surface area contributed by atoms with Crippen molar-refractivity contribution in [3.8, 4) is 12.1 Å². The van der Waals surface area contributed by atoms with Crippen molar-refractivity contribution >= 4 is 12.6 Å². The lowest BCUT2D eigenvalue weighted by Crippen LogP contribution is -2.35. The molecule has 1 aromatic carbocycles. The maximum atomic E-state index is 8.77. The number of nitriles is 2. The van der Waals surface area contributed by atoms with E-state index in [1.165, 1.54) is 20.3 Å². The first-order valence-electron chi connectivity index (χ1n) is 4.26. The van der Waals surface area contributed by atoms with E-state index in [4.69, 9.17) is 19.8 Å². The van der Waals surface area contributed by atoms with Gasteiger partial charge in [0.05, 0.1) is 23.3 Å². The smallest absolute Gasteiger partial charge is 0.410 e. The van der Waals surface area contributed by atoms with Crippen molar-refractivity contribution in [1.82, 2.24) is 0 Å². The highest BCUT2D eigenvalue weighted by atomic mass is 16.6. The van der Waals surface area contributed by atoms with Crippen molar-refractivity contribution in [2.24, 2.45) is 0 Å². The fourth-order valence-electron chi connectivity index (χ4n) is 1.29. The van der Waals surface area contributed by atoms with Crippen LogP contribution in [0, 0.1) is 22.7 Å². The Bertz CT molecular complexity index is 398. The van der Waals surface area contributed by atoms with Gasteiger partial charge in [-0.1, -0.05) is 0 Å². The second kappa shape index (κ2) is 5.16. The van der Waals surface area contributed by atoms with E-state index >= 15 is 0 Å². The van der Waals surface area contributed by atoms with Crippen LogP contribution in [0.3, 0.4) is 0 Å². The molecule has 0 amide bonds. The van der Waals surface area contributed by atoms with Crippen LogP contribution in [0.15, 0.2) is 18.2 Å². The molecule has 0 saturated carbocycles. The molecule has 0 atom stereocenters. The van der Waals surface area contributed by atoms with Gasteiger partial charge >= 0.3 is 7.12 Å². The molecule has 1 rings (SSSR count). The molecule has 0 fully saturated rings. The van der Waals surface area contributed by atoms with Gasteiger partial charge in [-0.3, -0.25) is 0 Å². The minimum atomic E-state index is -0.551. The van der Waals surface area contributed by atoms with Crippen LogP contribution in [-0.4, -0.2) is 21.3 Å². The minimum absolute atomic E-state index is 0.420. The molecule has 0 spiro atoms. The molecule has 0 aliphatic rings. The molecule has 0 aliphatic heterocycles. The summed E-state index contributed by atoms with van der Waals surface area (Å²) in [6, 6.07) is 8.76. The van der Waals surface area contributed by atoms with E-state index in [0.29, 0.717) is 16.6 Å². The number of nitrogens with zero attached hydrogens (tertiary/aromatic N) is 2. The second-order valence-electron chi connectivity index (χ2n) is 2.87. The molecule has 0 bridgehead atoms. The van der Waals surface area contributed by atoms with Crippen LogP contribution in [0.25, 0.3) is 0 Å². The average molecular weight is 200 g/mol. The summed E-state index contributed by atoms with van der Waals surface area (Å²) in [6.45, 7) is 0. The van der Waals surface area contributed by atoms with E-state index in [-0.39, 0.29) is 0 Å². The molecular formula is C10H9BN2O2. The Morgan fingerprint density at radius 2 is 1.47 bits per heavy atom. The zero-order chi connectivity index (χ0) is 11.3. The Labute approximate surface area is 88.8 Å². The highest BCUT2D eigenvalue weighted by Gasteiger charge is 2.19. The van der Waals surface area contributed by atoms with Gasteiger partial charge in [-0.25, -0.2) is 0 Å². The van der Waals surface area contributed by atoms with Crippen LogP contribution in [0.5, 0.6) is 0 Å². The first kappa shape index (κ1) is 11.3. The maximum absolute atomic E-state index is 8.77. The molecule has 0 saturated heterocycles. The lowest BCUT2D eigenvalue weighted by molar-refractivity contribution is 0.292. The molecule has 0 aromatic heterocycles. The van der Waals surface area contributed by atoms with Gasteiger partial charge < -0.3 is 9.31 Å². The van der Waals surface area contributed by atoms with E-state index in [2.05, 4.69) is 0 Å². The second-order valence-corrected chi connectivity index (χ2v) is 2.87. The number of hydrogen-bond acceptors (Lipinski definition) is 4. The average Bonchev–Trinajstić information content (AvgIpc) is 2.30. The highest BCUT2D eigenvalue weighted by Crippen LogP contribution is 2.02.